The molecule has 0 aliphatic carbocycles. The number of rotatable bonds is 19. The molecule has 4 atom stereocenters. The topological polar surface area (TPSA) is 339 Å². The molecule has 0 radical (unpaired) electrons. The fourth-order valence-corrected chi connectivity index (χ4v) is 2.96. The van der Waals surface area contributed by atoms with Crippen molar-refractivity contribution in [3.05, 3.63) is 0 Å². The van der Waals surface area contributed by atoms with E-state index in [4.69, 9.17) is 33.8 Å². The lowest BCUT2D eigenvalue weighted by molar-refractivity contribution is -0.143. The summed E-state index contributed by atoms with van der Waals surface area (Å²) in [6.07, 6.45) is -1.98. The van der Waals surface area contributed by atoms with Gasteiger partial charge < -0.3 is 54.8 Å². The second-order valence-corrected chi connectivity index (χ2v) is 8.18. The van der Waals surface area contributed by atoms with Crippen molar-refractivity contribution in [3.63, 3.8) is 0 Å². The van der Waals surface area contributed by atoms with Crippen LogP contribution in [0.5, 0.6) is 0 Å². The van der Waals surface area contributed by atoms with Gasteiger partial charge in [-0.05, 0) is 25.7 Å². The molecule has 4 unspecified atom stereocenters. The highest BCUT2D eigenvalue weighted by Crippen LogP contribution is 2.05. The number of guanidine groups is 1. The van der Waals surface area contributed by atoms with E-state index in [1.54, 1.807) is 0 Å². The van der Waals surface area contributed by atoms with Crippen LogP contribution in [0, 0.1) is 0 Å². The Labute approximate surface area is 217 Å². The molecule has 0 aromatic rings. The first-order chi connectivity index (χ1) is 17.6. The van der Waals surface area contributed by atoms with E-state index in [-0.39, 0.29) is 44.6 Å². The van der Waals surface area contributed by atoms with Crippen molar-refractivity contribution in [1.29, 1.82) is 0 Å². The molecule has 15 N–H and O–H groups in total. The Hall–Kier alpha value is -4.48. The van der Waals surface area contributed by atoms with Gasteiger partial charge in [-0.25, -0.2) is 4.79 Å². The van der Waals surface area contributed by atoms with Crippen molar-refractivity contribution in [3.8, 4) is 0 Å². The van der Waals surface area contributed by atoms with Gasteiger partial charge in [0.25, 0.3) is 0 Å². The molecular formula is C20H35N9O9. The number of primary amides is 2. The number of carboxylic acids is 2. The van der Waals surface area contributed by atoms with Crippen LogP contribution < -0.4 is 44.6 Å². The number of aliphatic imine (C=N–C) groups is 1. The monoisotopic (exact) mass is 545 g/mol. The van der Waals surface area contributed by atoms with E-state index in [1.807, 2.05) is 0 Å². The number of carbonyl (C=O) groups excluding carboxylic acids is 5. The lowest BCUT2D eigenvalue weighted by atomic mass is 10.1. The van der Waals surface area contributed by atoms with Crippen molar-refractivity contribution in [2.75, 3.05) is 6.54 Å². The standard InChI is InChI=1S/C20H35N9O9/c21-9(3-6-15(32)33)16(34)27-10(2-1-7-26-20(24)25)17(35)29-12(8-14(23)31)18(36)28-11(19(37)38)4-5-13(22)30/h9-12H,1-8,21H2,(H2,22,30)(H2,23,31)(H,27,34)(H,28,36)(H,29,35)(H,32,33)(H,37,38)(H4,24,25,26). The van der Waals surface area contributed by atoms with Crippen LogP contribution in [0.15, 0.2) is 4.99 Å². The fraction of sp³-hybridized carbons (Fsp3) is 0.600. The summed E-state index contributed by atoms with van der Waals surface area (Å²) >= 11 is 0. The van der Waals surface area contributed by atoms with Gasteiger partial charge in [0.15, 0.2) is 5.96 Å². The molecule has 18 nitrogen and oxygen atoms in total. The molecule has 0 saturated heterocycles. The largest absolute Gasteiger partial charge is 0.481 e. The first kappa shape index (κ1) is 33.5. The molecule has 0 aromatic carbocycles. The summed E-state index contributed by atoms with van der Waals surface area (Å²) in [5, 5.41) is 24.7. The maximum absolute atomic E-state index is 13.0. The summed E-state index contributed by atoms with van der Waals surface area (Å²) < 4.78 is 0. The van der Waals surface area contributed by atoms with E-state index in [1.165, 1.54) is 0 Å². The molecule has 0 fully saturated rings. The minimum absolute atomic E-state index is 0.0679. The molecular weight excluding hydrogens is 510 g/mol. The molecule has 0 bridgehead atoms. The molecule has 0 aliphatic rings. The SMILES string of the molecule is NC(=O)CCC(NC(=O)C(CC(N)=O)NC(=O)C(CCCN=C(N)N)NC(=O)C(N)CCC(=O)O)C(=O)O. The first-order valence-corrected chi connectivity index (χ1v) is 11.4. The number of amides is 5. The van der Waals surface area contributed by atoms with E-state index >= 15 is 0 Å². The molecule has 214 valence electrons. The van der Waals surface area contributed by atoms with Gasteiger partial charge in [-0.15, -0.1) is 0 Å². The highest BCUT2D eigenvalue weighted by molar-refractivity contribution is 5.96. The maximum atomic E-state index is 13.0. The average Bonchev–Trinajstić information content (AvgIpc) is 2.80. The van der Waals surface area contributed by atoms with Crippen LogP contribution in [0.2, 0.25) is 0 Å². The van der Waals surface area contributed by atoms with Crippen LogP contribution in [0.25, 0.3) is 0 Å². The number of carbonyl (C=O) groups is 7. The van der Waals surface area contributed by atoms with Crippen LogP contribution in [0.4, 0.5) is 0 Å². The Morgan fingerprint density at radius 2 is 1.24 bits per heavy atom. The molecule has 5 amide bonds. The lowest BCUT2D eigenvalue weighted by Gasteiger charge is -2.24. The zero-order chi connectivity index (χ0) is 29.4. The van der Waals surface area contributed by atoms with Crippen LogP contribution in [0.1, 0.15) is 44.9 Å². The lowest BCUT2D eigenvalue weighted by Crippen LogP contribution is -2.57. The maximum Gasteiger partial charge on any atom is 0.326 e. The Morgan fingerprint density at radius 3 is 1.74 bits per heavy atom. The van der Waals surface area contributed by atoms with Gasteiger partial charge in [0, 0.05) is 19.4 Å². The first-order valence-electron chi connectivity index (χ1n) is 11.4. The highest BCUT2D eigenvalue weighted by atomic mass is 16.4. The smallest absolute Gasteiger partial charge is 0.326 e. The quantitative estimate of drug-likeness (QED) is 0.0414. The minimum Gasteiger partial charge on any atom is -0.481 e. The van der Waals surface area contributed by atoms with E-state index < -0.39 is 78.5 Å². The molecule has 0 aromatic heterocycles. The number of nitrogens with zero attached hydrogens (tertiary/aromatic N) is 1. The fourth-order valence-electron chi connectivity index (χ4n) is 2.96. The van der Waals surface area contributed by atoms with Gasteiger partial charge in [-0.1, -0.05) is 0 Å². The second kappa shape index (κ2) is 17.1. The third kappa shape index (κ3) is 14.8. The summed E-state index contributed by atoms with van der Waals surface area (Å²) in [5.74, 6) is -7.64. The Balaban J connectivity index is 5.65. The summed E-state index contributed by atoms with van der Waals surface area (Å²) in [6, 6.07) is -5.82. The molecule has 18 heteroatoms. The van der Waals surface area contributed by atoms with Gasteiger partial charge in [-0.3, -0.25) is 33.8 Å². The number of aliphatic carboxylic acids is 2. The van der Waals surface area contributed by atoms with Crippen LogP contribution >= 0.6 is 0 Å². The van der Waals surface area contributed by atoms with Crippen molar-refractivity contribution in [2.45, 2.75) is 69.1 Å². The van der Waals surface area contributed by atoms with Crippen molar-refractivity contribution in [2.24, 2.45) is 33.7 Å². The molecule has 0 rings (SSSR count). The number of hydrogen-bond donors (Lipinski definition) is 10. The average molecular weight is 546 g/mol. The van der Waals surface area contributed by atoms with Gasteiger partial charge in [0.2, 0.25) is 29.5 Å². The Morgan fingerprint density at radius 1 is 0.684 bits per heavy atom. The zero-order valence-corrected chi connectivity index (χ0v) is 20.6. The predicted molar refractivity (Wildman–Crippen MR) is 130 cm³/mol. The summed E-state index contributed by atoms with van der Waals surface area (Å²) in [6.45, 7) is 0.0679. The van der Waals surface area contributed by atoms with Gasteiger partial charge in [0.05, 0.1) is 12.5 Å². The summed E-state index contributed by atoms with van der Waals surface area (Å²) in [5.41, 5.74) is 26.3. The third-order valence-corrected chi connectivity index (χ3v) is 4.92. The van der Waals surface area contributed by atoms with Crippen LogP contribution in [-0.2, 0) is 33.6 Å². The van der Waals surface area contributed by atoms with Gasteiger partial charge in [0.1, 0.15) is 18.1 Å². The van der Waals surface area contributed by atoms with E-state index in [2.05, 4.69) is 20.9 Å². The van der Waals surface area contributed by atoms with E-state index in [0.29, 0.717) is 0 Å². The van der Waals surface area contributed by atoms with Gasteiger partial charge in [-0.2, -0.15) is 0 Å². The number of nitrogens with two attached hydrogens (primary N) is 5. The third-order valence-electron chi connectivity index (χ3n) is 4.92. The normalized spacial score (nSPS) is 13.6. The van der Waals surface area contributed by atoms with E-state index in [9.17, 15) is 38.7 Å². The Bertz CT molecular complexity index is 922. The molecule has 0 aliphatic heterocycles. The Kier molecular flexibility index (Phi) is 15.0. The van der Waals surface area contributed by atoms with Crippen molar-refractivity contribution < 1.29 is 43.8 Å². The number of carboxylic acid groups (broad SMARTS) is 2. The molecule has 38 heavy (non-hydrogen) atoms. The highest BCUT2D eigenvalue weighted by Gasteiger charge is 2.31. The number of hydrogen-bond acceptors (Lipinski definition) is 9. The predicted octanol–water partition coefficient (Wildman–Crippen LogP) is -5.09. The zero-order valence-electron chi connectivity index (χ0n) is 20.6. The summed E-state index contributed by atoms with van der Waals surface area (Å²) in [7, 11) is 0. The minimum atomic E-state index is -1.65. The van der Waals surface area contributed by atoms with Gasteiger partial charge >= 0.3 is 11.9 Å². The van der Waals surface area contributed by atoms with Crippen LogP contribution in [0.3, 0.4) is 0 Å². The number of nitrogens with one attached hydrogen (secondary N) is 3. The second-order valence-electron chi connectivity index (χ2n) is 8.18. The van der Waals surface area contributed by atoms with Crippen LogP contribution in [-0.4, -0.2) is 88.4 Å². The van der Waals surface area contributed by atoms with Crippen molar-refractivity contribution >= 4 is 47.4 Å². The van der Waals surface area contributed by atoms with E-state index in [0.717, 1.165) is 0 Å². The van der Waals surface area contributed by atoms with Crippen molar-refractivity contribution in [1.82, 2.24) is 16.0 Å². The summed E-state index contributed by atoms with van der Waals surface area (Å²) in [4.78, 5) is 86.5. The molecule has 0 spiro atoms. The molecule has 0 heterocycles. The molecule has 0 saturated carbocycles.